The average molecular weight is 447 g/mol. The topological polar surface area (TPSA) is 68.2 Å². The Hall–Kier alpha value is -1.84. The summed E-state index contributed by atoms with van der Waals surface area (Å²) in [5.41, 5.74) is 2.06. The Bertz CT molecular complexity index is 859. The second-order valence-electron chi connectivity index (χ2n) is 7.15. The van der Waals surface area contributed by atoms with Gasteiger partial charge in [-0.1, -0.05) is 29.8 Å². The monoisotopic (exact) mass is 446 g/mol. The molecule has 1 fully saturated rings. The van der Waals surface area contributed by atoms with Crippen LogP contribution in [-0.2, 0) is 21.7 Å². The number of aliphatic hydroxyl groups is 2. The molecule has 1 aliphatic heterocycles. The van der Waals surface area contributed by atoms with Crippen molar-refractivity contribution in [1.82, 2.24) is 0 Å². The summed E-state index contributed by atoms with van der Waals surface area (Å²) in [5, 5.41) is 20.2. The van der Waals surface area contributed by atoms with Crippen molar-refractivity contribution in [2.75, 3.05) is 13.7 Å². The molecule has 0 radical (unpaired) electrons. The van der Waals surface area contributed by atoms with Gasteiger partial charge in [0.1, 0.15) is 5.75 Å². The standard InChI is InChI=1S/C21H22ClF3O5/c1-28-20(11-16(27)10-18(12-26)29-20)15-4-7-19(22)14(9-15)8-13-2-5-17(6-3-13)30-21(23,24)25/h2-7,9,16,18,26-27H,8,10-12H2,1H3/t16?,18?,20-/m1/s1. The van der Waals surface area contributed by atoms with E-state index in [1.54, 1.807) is 18.2 Å². The third-order valence-electron chi connectivity index (χ3n) is 4.97. The van der Waals surface area contributed by atoms with E-state index in [4.69, 9.17) is 21.1 Å². The van der Waals surface area contributed by atoms with Crippen LogP contribution in [0.1, 0.15) is 29.5 Å². The molecule has 5 nitrogen and oxygen atoms in total. The van der Waals surface area contributed by atoms with Gasteiger partial charge in [-0.3, -0.25) is 0 Å². The summed E-state index contributed by atoms with van der Waals surface area (Å²) in [6, 6.07) is 10.7. The fraction of sp³-hybridized carbons (Fsp3) is 0.429. The molecule has 0 aliphatic carbocycles. The third kappa shape index (κ3) is 5.44. The molecule has 0 amide bonds. The van der Waals surface area contributed by atoms with Gasteiger partial charge in [-0.2, -0.15) is 0 Å². The molecule has 2 aromatic carbocycles. The van der Waals surface area contributed by atoms with Crippen LogP contribution >= 0.6 is 11.6 Å². The Morgan fingerprint density at radius 1 is 1.20 bits per heavy atom. The molecule has 1 heterocycles. The Morgan fingerprint density at radius 3 is 2.50 bits per heavy atom. The molecule has 0 aromatic heterocycles. The Morgan fingerprint density at radius 2 is 1.90 bits per heavy atom. The van der Waals surface area contributed by atoms with Crippen molar-refractivity contribution in [3.8, 4) is 5.75 Å². The normalized spacial score (nSPS) is 24.6. The fourth-order valence-corrected chi connectivity index (χ4v) is 3.77. The first-order valence-corrected chi connectivity index (χ1v) is 9.67. The van der Waals surface area contributed by atoms with Crippen molar-refractivity contribution < 1.29 is 37.6 Å². The first kappa shape index (κ1) is 22.8. The van der Waals surface area contributed by atoms with E-state index < -0.39 is 24.4 Å². The summed E-state index contributed by atoms with van der Waals surface area (Å²) in [5.74, 6) is -1.54. The van der Waals surface area contributed by atoms with E-state index >= 15 is 0 Å². The van der Waals surface area contributed by atoms with Crippen LogP contribution in [0.2, 0.25) is 5.02 Å². The van der Waals surface area contributed by atoms with E-state index in [9.17, 15) is 23.4 Å². The van der Waals surface area contributed by atoms with Crippen LogP contribution in [0.25, 0.3) is 0 Å². The lowest BCUT2D eigenvalue weighted by Crippen LogP contribution is -2.46. The summed E-state index contributed by atoms with van der Waals surface area (Å²) in [7, 11) is 1.46. The van der Waals surface area contributed by atoms with Crippen molar-refractivity contribution >= 4 is 11.6 Å². The SMILES string of the molecule is CO[C@]1(c2ccc(Cl)c(Cc3ccc(OC(F)(F)F)cc3)c2)CC(O)CC(CO)O1. The highest BCUT2D eigenvalue weighted by Gasteiger charge is 2.43. The van der Waals surface area contributed by atoms with Gasteiger partial charge in [-0.05, 0) is 41.8 Å². The van der Waals surface area contributed by atoms with Gasteiger partial charge in [0.25, 0.3) is 0 Å². The number of alkyl halides is 3. The van der Waals surface area contributed by atoms with Crippen molar-refractivity contribution in [2.45, 2.75) is 43.6 Å². The molecule has 3 atom stereocenters. The smallest absolute Gasteiger partial charge is 0.406 e. The van der Waals surface area contributed by atoms with Gasteiger partial charge in [0, 0.05) is 30.5 Å². The first-order valence-electron chi connectivity index (χ1n) is 9.29. The minimum Gasteiger partial charge on any atom is -0.406 e. The van der Waals surface area contributed by atoms with Crippen molar-refractivity contribution in [3.05, 3.63) is 64.2 Å². The lowest BCUT2D eigenvalue weighted by Gasteiger charge is -2.42. The van der Waals surface area contributed by atoms with Gasteiger partial charge in [0.05, 0.1) is 18.8 Å². The van der Waals surface area contributed by atoms with Crippen LogP contribution < -0.4 is 4.74 Å². The molecule has 2 aromatic rings. The van der Waals surface area contributed by atoms with Gasteiger partial charge in [0.2, 0.25) is 0 Å². The van der Waals surface area contributed by atoms with E-state index in [1.807, 2.05) is 0 Å². The van der Waals surface area contributed by atoms with Crippen LogP contribution in [0.5, 0.6) is 5.75 Å². The average Bonchev–Trinajstić information content (AvgIpc) is 2.69. The Balaban J connectivity index is 1.84. The lowest BCUT2D eigenvalue weighted by molar-refractivity contribution is -0.298. The molecular formula is C21H22ClF3O5. The molecule has 1 aliphatic rings. The maximum Gasteiger partial charge on any atom is 0.573 e. The van der Waals surface area contributed by atoms with Crippen molar-refractivity contribution in [3.63, 3.8) is 0 Å². The van der Waals surface area contributed by atoms with Gasteiger partial charge in [-0.15, -0.1) is 13.2 Å². The summed E-state index contributed by atoms with van der Waals surface area (Å²) in [6.07, 6.45) is -5.20. The highest BCUT2D eigenvalue weighted by Crippen LogP contribution is 2.40. The minimum atomic E-state index is -4.75. The van der Waals surface area contributed by atoms with E-state index in [1.165, 1.54) is 31.4 Å². The van der Waals surface area contributed by atoms with Gasteiger partial charge >= 0.3 is 6.36 Å². The molecule has 0 saturated carbocycles. The summed E-state index contributed by atoms with van der Waals surface area (Å²) < 4.78 is 52.4. The van der Waals surface area contributed by atoms with Gasteiger partial charge in [0.15, 0.2) is 5.79 Å². The second-order valence-corrected chi connectivity index (χ2v) is 7.56. The fourth-order valence-electron chi connectivity index (χ4n) is 3.59. The quantitative estimate of drug-likeness (QED) is 0.697. The summed E-state index contributed by atoms with van der Waals surface area (Å²) in [6.45, 7) is -0.255. The second kappa shape index (κ2) is 9.11. The molecule has 3 rings (SSSR count). The summed E-state index contributed by atoms with van der Waals surface area (Å²) >= 11 is 6.33. The Labute approximate surface area is 176 Å². The molecule has 30 heavy (non-hydrogen) atoms. The first-order chi connectivity index (χ1) is 14.1. The van der Waals surface area contributed by atoms with Gasteiger partial charge < -0.3 is 24.4 Å². The van der Waals surface area contributed by atoms with Crippen LogP contribution in [0.4, 0.5) is 13.2 Å². The molecule has 2 unspecified atom stereocenters. The number of hydrogen-bond acceptors (Lipinski definition) is 5. The molecule has 9 heteroatoms. The van der Waals surface area contributed by atoms with E-state index in [0.717, 1.165) is 5.56 Å². The van der Waals surface area contributed by atoms with Gasteiger partial charge in [-0.25, -0.2) is 0 Å². The van der Waals surface area contributed by atoms with E-state index in [0.29, 0.717) is 29.0 Å². The highest BCUT2D eigenvalue weighted by molar-refractivity contribution is 6.31. The van der Waals surface area contributed by atoms with Crippen LogP contribution in [0.15, 0.2) is 42.5 Å². The summed E-state index contributed by atoms with van der Waals surface area (Å²) in [4.78, 5) is 0. The molecular weight excluding hydrogens is 425 g/mol. The number of ether oxygens (including phenoxy) is 3. The predicted molar refractivity (Wildman–Crippen MR) is 103 cm³/mol. The largest absolute Gasteiger partial charge is 0.573 e. The van der Waals surface area contributed by atoms with Crippen molar-refractivity contribution in [1.29, 1.82) is 0 Å². The zero-order valence-corrected chi connectivity index (χ0v) is 16.9. The number of halogens is 4. The maximum absolute atomic E-state index is 12.3. The minimum absolute atomic E-state index is 0.185. The van der Waals surface area contributed by atoms with Crippen LogP contribution in [0, 0.1) is 0 Å². The molecule has 0 spiro atoms. The Kier molecular flexibility index (Phi) is 6.94. The van der Waals surface area contributed by atoms with Crippen LogP contribution in [0.3, 0.4) is 0 Å². The zero-order chi connectivity index (χ0) is 21.9. The van der Waals surface area contributed by atoms with Crippen molar-refractivity contribution in [2.24, 2.45) is 0 Å². The van der Waals surface area contributed by atoms with E-state index in [2.05, 4.69) is 4.74 Å². The number of hydrogen-bond donors (Lipinski definition) is 2. The lowest BCUT2D eigenvalue weighted by atomic mass is 9.91. The van der Waals surface area contributed by atoms with E-state index in [-0.39, 0.29) is 18.8 Å². The highest BCUT2D eigenvalue weighted by atomic mass is 35.5. The third-order valence-corrected chi connectivity index (χ3v) is 5.34. The van der Waals surface area contributed by atoms with Crippen LogP contribution in [-0.4, -0.2) is 42.5 Å². The predicted octanol–water partition coefficient (Wildman–Crippen LogP) is 4.16. The number of benzene rings is 2. The maximum atomic E-state index is 12.3. The molecule has 164 valence electrons. The zero-order valence-electron chi connectivity index (χ0n) is 16.2. The number of methoxy groups -OCH3 is 1. The number of rotatable bonds is 6. The molecule has 1 saturated heterocycles. The molecule has 0 bridgehead atoms. The number of aliphatic hydroxyl groups excluding tert-OH is 2. The molecule has 2 N–H and O–H groups in total.